The quantitative estimate of drug-likeness (QED) is 0.368. The molecule has 0 spiro atoms. The zero-order valence-corrected chi connectivity index (χ0v) is 18.1. The van der Waals surface area contributed by atoms with Crippen LogP contribution < -0.4 is 10.1 Å². The molecule has 2 aromatic carbocycles. The lowest BCUT2D eigenvalue weighted by Gasteiger charge is -2.13. The van der Waals surface area contributed by atoms with E-state index in [1.165, 1.54) is 18.2 Å². The van der Waals surface area contributed by atoms with E-state index >= 15 is 0 Å². The lowest BCUT2D eigenvalue weighted by molar-refractivity contribution is 0.0596. The van der Waals surface area contributed by atoms with E-state index in [0.717, 1.165) is 29.2 Å². The Bertz CT molecular complexity index is 909. The maximum absolute atomic E-state index is 12.2. The molecule has 0 aliphatic heterocycles. The van der Waals surface area contributed by atoms with Crippen LogP contribution in [0, 0.1) is 13.8 Å². The second kappa shape index (κ2) is 10.5. The standard InChI is InChI=1S/C24H30N2O3/c1-7-9-22(26-18(5)25-20-13-16(3)12-17(4)14-20)19-10-11-23(29-8-2)21(15-19)24(27)28-6/h9-15H,7-8H2,1-6H3,(H,25,26)/b22-9-. The number of ether oxygens (including phenoxy) is 2. The van der Waals surface area contributed by atoms with Gasteiger partial charge in [0.2, 0.25) is 0 Å². The molecule has 0 aromatic heterocycles. The highest BCUT2D eigenvalue weighted by Crippen LogP contribution is 2.26. The third-order valence-electron chi connectivity index (χ3n) is 4.21. The van der Waals surface area contributed by atoms with Gasteiger partial charge in [-0.3, -0.25) is 0 Å². The summed E-state index contributed by atoms with van der Waals surface area (Å²) in [6.45, 7) is 10.5. The molecule has 0 amide bonds. The van der Waals surface area contributed by atoms with Crippen molar-refractivity contribution in [1.29, 1.82) is 0 Å². The smallest absolute Gasteiger partial charge is 0.341 e. The predicted molar refractivity (Wildman–Crippen MR) is 120 cm³/mol. The average molecular weight is 395 g/mol. The number of aliphatic imine (C=N–C) groups is 1. The molecule has 0 heterocycles. The zero-order chi connectivity index (χ0) is 21.4. The highest BCUT2D eigenvalue weighted by Gasteiger charge is 2.15. The Morgan fingerprint density at radius 2 is 1.79 bits per heavy atom. The van der Waals surface area contributed by atoms with Crippen molar-refractivity contribution >= 4 is 23.2 Å². The van der Waals surface area contributed by atoms with Gasteiger partial charge in [0.15, 0.2) is 0 Å². The number of amidine groups is 1. The summed E-state index contributed by atoms with van der Waals surface area (Å²) in [4.78, 5) is 17.0. The van der Waals surface area contributed by atoms with Crippen molar-refractivity contribution in [2.75, 3.05) is 19.0 Å². The minimum absolute atomic E-state index is 0.393. The number of carbonyl (C=O) groups excluding carboxylic acids is 1. The number of rotatable bonds is 7. The molecule has 2 rings (SSSR count). The monoisotopic (exact) mass is 394 g/mol. The van der Waals surface area contributed by atoms with Crippen LogP contribution in [0.4, 0.5) is 5.69 Å². The molecule has 0 bridgehead atoms. The van der Waals surface area contributed by atoms with E-state index in [2.05, 4.69) is 44.3 Å². The molecule has 0 aliphatic rings. The predicted octanol–water partition coefficient (Wildman–Crippen LogP) is 5.77. The van der Waals surface area contributed by atoms with Crippen LogP contribution in [0.15, 0.2) is 47.5 Å². The van der Waals surface area contributed by atoms with Gasteiger partial charge in [0, 0.05) is 11.3 Å². The van der Waals surface area contributed by atoms with Gasteiger partial charge < -0.3 is 14.8 Å². The fourth-order valence-corrected chi connectivity index (χ4v) is 3.13. The summed E-state index contributed by atoms with van der Waals surface area (Å²) in [7, 11) is 1.36. The third-order valence-corrected chi connectivity index (χ3v) is 4.21. The minimum atomic E-state index is -0.430. The van der Waals surface area contributed by atoms with Crippen molar-refractivity contribution in [3.05, 3.63) is 64.7 Å². The van der Waals surface area contributed by atoms with E-state index in [1.54, 1.807) is 12.1 Å². The highest BCUT2D eigenvalue weighted by atomic mass is 16.5. The summed E-state index contributed by atoms with van der Waals surface area (Å²) in [6, 6.07) is 11.8. The Hall–Kier alpha value is -3.08. The van der Waals surface area contributed by atoms with Gasteiger partial charge in [0.25, 0.3) is 0 Å². The molecule has 0 saturated carbocycles. The molecule has 0 radical (unpaired) electrons. The number of benzene rings is 2. The van der Waals surface area contributed by atoms with E-state index in [-0.39, 0.29) is 0 Å². The van der Waals surface area contributed by atoms with Crippen LogP contribution in [-0.4, -0.2) is 25.5 Å². The van der Waals surface area contributed by atoms with E-state index < -0.39 is 5.97 Å². The Morgan fingerprint density at radius 3 is 2.38 bits per heavy atom. The summed E-state index contributed by atoms with van der Waals surface area (Å²) in [6.07, 6.45) is 2.85. The molecule has 29 heavy (non-hydrogen) atoms. The summed E-state index contributed by atoms with van der Waals surface area (Å²) in [5, 5.41) is 3.36. The van der Waals surface area contributed by atoms with Gasteiger partial charge >= 0.3 is 5.97 Å². The Balaban J connectivity index is 2.39. The van der Waals surface area contributed by atoms with Gasteiger partial charge in [-0.25, -0.2) is 9.79 Å². The molecule has 0 unspecified atom stereocenters. The van der Waals surface area contributed by atoms with Crippen LogP contribution in [0.25, 0.3) is 5.70 Å². The summed E-state index contributed by atoms with van der Waals surface area (Å²) in [5.41, 5.74) is 5.40. The largest absolute Gasteiger partial charge is 0.493 e. The number of nitrogens with one attached hydrogen (secondary N) is 1. The maximum Gasteiger partial charge on any atom is 0.341 e. The van der Waals surface area contributed by atoms with Crippen LogP contribution in [0.3, 0.4) is 0 Å². The second-order valence-electron chi connectivity index (χ2n) is 6.83. The summed E-state index contributed by atoms with van der Waals surface area (Å²) >= 11 is 0. The first-order valence-electron chi connectivity index (χ1n) is 9.84. The number of allylic oxidation sites excluding steroid dienone is 1. The number of anilines is 1. The number of hydrogen-bond acceptors (Lipinski definition) is 4. The van der Waals surface area contributed by atoms with Gasteiger partial charge in [-0.05, 0) is 75.6 Å². The van der Waals surface area contributed by atoms with Gasteiger partial charge in [-0.15, -0.1) is 0 Å². The maximum atomic E-state index is 12.2. The Morgan fingerprint density at radius 1 is 1.10 bits per heavy atom. The highest BCUT2D eigenvalue weighted by molar-refractivity contribution is 5.98. The van der Waals surface area contributed by atoms with Crippen LogP contribution >= 0.6 is 0 Å². The minimum Gasteiger partial charge on any atom is -0.493 e. The molecular formula is C24H30N2O3. The van der Waals surface area contributed by atoms with Gasteiger partial charge in [-0.2, -0.15) is 0 Å². The van der Waals surface area contributed by atoms with Crippen LogP contribution in [-0.2, 0) is 4.74 Å². The molecular weight excluding hydrogens is 364 g/mol. The second-order valence-corrected chi connectivity index (χ2v) is 6.83. The lowest BCUT2D eigenvalue weighted by atomic mass is 10.1. The molecule has 5 nitrogen and oxygen atoms in total. The number of carbonyl (C=O) groups is 1. The number of hydrogen-bond donors (Lipinski definition) is 1. The normalized spacial score (nSPS) is 11.9. The van der Waals surface area contributed by atoms with Crippen LogP contribution in [0.2, 0.25) is 0 Å². The SMILES string of the molecule is CC/C=C(\N=C(C)Nc1cc(C)cc(C)c1)c1ccc(OCC)c(C(=O)OC)c1. The van der Waals surface area contributed by atoms with Crippen molar-refractivity contribution < 1.29 is 14.3 Å². The van der Waals surface area contributed by atoms with Crippen molar-refractivity contribution in [2.45, 2.75) is 41.0 Å². The molecule has 0 fully saturated rings. The first-order chi connectivity index (χ1) is 13.9. The van der Waals surface area contributed by atoms with E-state index in [0.29, 0.717) is 17.9 Å². The first-order valence-corrected chi connectivity index (χ1v) is 9.84. The average Bonchev–Trinajstić information content (AvgIpc) is 2.66. The van der Waals surface area contributed by atoms with E-state index in [1.807, 2.05) is 26.0 Å². The van der Waals surface area contributed by atoms with Gasteiger partial charge in [0.05, 0.1) is 19.4 Å². The van der Waals surface area contributed by atoms with Crippen molar-refractivity contribution in [3.8, 4) is 5.75 Å². The van der Waals surface area contributed by atoms with Crippen LogP contribution in [0.5, 0.6) is 5.75 Å². The molecule has 5 heteroatoms. The molecule has 2 aromatic rings. The van der Waals surface area contributed by atoms with Gasteiger partial charge in [0.1, 0.15) is 17.1 Å². The van der Waals surface area contributed by atoms with Crippen molar-refractivity contribution in [1.82, 2.24) is 0 Å². The fourth-order valence-electron chi connectivity index (χ4n) is 3.13. The van der Waals surface area contributed by atoms with E-state index in [4.69, 9.17) is 14.5 Å². The molecule has 0 atom stereocenters. The third kappa shape index (κ3) is 6.21. The Labute approximate surface area is 173 Å². The zero-order valence-electron chi connectivity index (χ0n) is 18.1. The lowest BCUT2D eigenvalue weighted by Crippen LogP contribution is -2.09. The number of aryl methyl sites for hydroxylation is 2. The summed E-state index contributed by atoms with van der Waals surface area (Å²) < 4.78 is 10.5. The molecule has 0 aliphatic carbocycles. The van der Waals surface area contributed by atoms with Crippen molar-refractivity contribution in [3.63, 3.8) is 0 Å². The molecule has 1 N–H and O–H groups in total. The summed E-state index contributed by atoms with van der Waals surface area (Å²) in [5.74, 6) is 0.844. The van der Waals surface area contributed by atoms with E-state index in [9.17, 15) is 4.79 Å². The number of nitrogens with zero attached hydrogens (tertiary/aromatic N) is 1. The molecule has 154 valence electrons. The first kappa shape index (κ1) is 22.2. The fraction of sp³-hybridized carbons (Fsp3) is 0.333. The van der Waals surface area contributed by atoms with Crippen molar-refractivity contribution in [2.24, 2.45) is 4.99 Å². The van der Waals surface area contributed by atoms with Crippen LogP contribution in [0.1, 0.15) is 54.2 Å². The molecule has 0 saturated heterocycles. The number of esters is 1. The topological polar surface area (TPSA) is 59.9 Å². The number of methoxy groups -OCH3 is 1. The Kier molecular flexibility index (Phi) is 8.01. The van der Waals surface area contributed by atoms with Gasteiger partial charge in [-0.1, -0.05) is 19.1 Å².